The lowest BCUT2D eigenvalue weighted by molar-refractivity contribution is 0.509. The lowest BCUT2D eigenvalue weighted by Crippen LogP contribution is -2.14. The molecule has 1 N–H and O–H groups in total. The maximum absolute atomic E-state index is 12.1. The largest absolute Gasteiger partial charge is 0.310 e. The van der Waals surface area contributed by atoms with E-state index in [4.69, 9.17) is 0 Å². The van der Waals surface area contributed by atoms with Crippen molar-refractivity contribution in [2.45, 2.75) is 39.5 Å². The molecule has 3 rings (SSSR count). The van der Waals surface area contributed by atoms with Gasteiger partial charge in [0.1, 0.15) is 10.7 Å². The number of aromatic nitrogens is 2. The second kappa shape index (κ2) is 3.95. The first-order valence-corrected chi connectivity index (χ1v) is 7.04. The SMILES string of the molecule is CCc1nc2sc3c(c2c(=O)[nH]1)CCC(C)C3. The summed E-state index contributed by atoms with van der Waals surface area (Å²) in [6.45, 7) is 4.29. The minimum absolute atomic E-state index is 0.0545. The Hall–Kier alpha value is -1.16. The molecule has 0 saturated heterocycles. The van der Waals surface area contributed by atoms with Gasteiger partial charge in [-0.05, 0) is 30.7 Å². The standard InChI is InChI=1S/C13H16N2OS/c1-3-10-14-12(16)11-8-5-4-7(2)6-9(8)17-13(11)15-10/h7H,3-6H2,1-2H3,(H,14,15,16). The van der Waals surface area contributed by atoms with Gasteiger partial charge in [0.05, 0.1) is 5.39 Å². The quantitative estimate of drug-likeness (QED) is 0.843. The summed E-state index contributed by atoms with van der Waals surface area (Å²) in [5.41, 5.74) is 1.32. The maximum Gasteiger partial charge on any atom is 0.259 e. The van der Waals surface area contributed by atoms with Gasteiger partial charge in [-0.25, -0.2) is 4.98 Å². The number of thiophene rings is 1. The van der Waals surface area contributed by atoms with Crippen molar-refractivity contribution >= 4 is 21.6 Å². The van der Waals surface area contributed by atoms with E-state index in [1.165, 1.54) is 16.9 Å². The van der Waals surface area contributed by atoms with Crippen molar-refractivity contribution in [1.29, 1.82) is 0 Å². The number of fused-ring (bicyclic) bond motifs is 3. The van der Waals surface area contributed by atoms with Crippen LogP contribution in [0.2, 0.25) is 0 Å². The van der Waals surface area contributed by atoms with Gasteiger partial charge in [0, 0.05) is 11.3 Å². The normalized spacial score (nSPS) is 19.5. The lowest BCUT2D eigenvalue weighted by atomic mass is 9.89. The molecule has 3 nitrogen and oxygen atoms in total. The zero-order valence-corrected chi connectivity index (χ0v) is 11.0. The van der Waals surface area contributed by atoms with Crippen LogP contribution in [0.3, 0.4) is 0 Å². The third-order valence-corrected chi connectivity index (χ3v) is 4.70. The molecule has 0 aliphatic heterocycles. The fraction of sp³-hybridized carbons (Fsp3) is 0.538. The summed E-state index contributed by atoms with van der Waals surface area (Å²) in [6.07, 6.45) is 4.11. The highest BCUT2D eigenvalue weighted by Gasteiger charge is 2.22. The molecule has 2 aromatic heterocycles. The minimum Gasteiger partial charge on any atom is -0.310 e. The number of rotatable bonds is 1. The van der Waals surface area contributed by atoms with E-state index in [1.807, 2.05) is 6.92 Å². The van der Waals surface area contributed by atoms with Gasteiger partial charge >= 0.3 is 0 Å². The third kappa shape index (κ3) is 1.71. The van der Waals surface area contributed by atoms with Crippen LogP contribution in [-0.4, -0.2) is 9.97 Å². The van der Waals surface area contributed by atoms with Gasteiger partial charge in [0.15, 0.2) is 0 Å². The summed E-state index contributed by atoms with van der Waals surface area (Å²) in [7, 11) is 0. The number of hydrogen-bond acceptors (Lipinski definition) is 3. The van der Waals surface area contributed by atoms with E-state index in [1.54, 1.807) is 11.3 Å². The van der Waals surface area contributed by atoms with Crippen LogP contribution in [0.4, 0.5) is 0 Å². The Morgan fingerprint density at radius 2 is 2.35 bits per heavy atom. The first-order valence-electron chi connectivity index (χ1n) is 6.22. The highest BCUT2D eigenvalue weighted by molar-refractivity contribution is 7.18. The number of hydrogen-bond donors (Lipinski definition) is 1. The van der Waals surface area contributed by atoms with Crippen LogP contribution < -0.4 is 5.56 Å². The second-order valence-corrected chi connectivity index (χ2v) is 5.98. The Balaban J connectivity index is 2.28. The number of aromatic amines is 1. The second-order valence-electron chi connectivity index (χ2n) is 4.90. The number of nitrogens with zero attached hydrogens (tertiary/aromatic N) is 1. The Labute approximate surface area is 104 Å². The van der Waals surface area contributed by atoms with Gasteiger partial charge < -0.3 is 4.98 Å². The minimum atomic E-state index is 0.0545. The van der Waals surface area contributed by atoms with Crippen molar-refractivity contribution in [2.75, 3.05) is 0 Å². The van der Waals surface area contributed by atoms with Crippen LogP contribution in [0, 0.1) is 5.92 Å². The van der Waals surface area contributed by atoms with Crippen LogP contribution in [0.25, 0.3) is 10.2 Å². The van der Waals surface area contributed by atoms with Gasteiger partial charge in [-0.1, -0.05) is 13.8 Å². The van der Waals surface area contributed by atoms with Crippen LogP contribution >= 0.6 is 11.3 Å². The lowest BCUT2D eigenvalue weighted by Gasteiger charge is -2.17. The van der Waals surface area contributed by atoms with Gasteiger partial charge in [-0.3, -0.25) is 4.79 Å². The topological polar surface area (TPSA) is 45.8 Å². The molecule has 0 radical (unpaired) electrons. The number of H-pyrrole nitrogens is 1. The number of aryl methyl sites for hydroxylation is 2. The van der Waals surface area contributed by atoms with Crippen molar-refractivity contribution in [2.24, 2.45) is 5.92 Å². The molecular formula is C13H16N2OS. The molecule has 0 fully saturated rings. The van der Waals surface area contributed by atoms with Crippen molar-refractivity contribution in [1.82, 2.24) is 9.97 Å². The van der Waals surface area contributed by atoms with E-state index in [0.29, 0.717) is 0 Å². The Bertz CT molecular complexity index is 626. The summed E-state index contributed by atoms with van der Waals surface area (Å²) < 4.78 is 0. The molecule has 90 valence electrons. The van der Waals surface area contributed by atoms with Crippen LogP contribution in [-0.2, 0) is 19.3 Å². The van der Waals surface area contributed by atoms with Gasteiger partial charge in [-0.15, -0.1) is 11.3 Å². The van der Waals surface area contributed by atoms with Crippen molar-refractivity contribution in [3.8, 4) is 0 Å². The molecule has 4 heteroatoms. The molecule has 0 saturated carbocycles. The van der Waals surface area contributed by atoms with Crippen LogP contribution in [0.1, 0.15) is 36.5 Å². The third-order valence-electron chi connectivity index (χ3n) is 3.55. The molecule has 0 bridgehead atoms. The zero-order chi connectivity index (χ0) is 12.0. The monoisotopic (exact) mass is 248 g/mol. The average Bonchev–Trinajstić information content (AvgIpc) is 2.66. The zero-order valence-electron chi connectivity index (χ0n) is 10.2. The van der Waals surface area contributed by atoms with E-state index >= 15 is 0 Å². The summed E-state index contributed by atoms with van der Waals surface area (Å²) in [6, 6.07) is 0. The molecule has 1 aliphatic carbocycles. The van der Waals surface area contributed by atoms with Gasteiger partial charge in [0.25, 0.3) is 5.56 Å². The molecule has 2 aromatic rings. The average molecular weight is 248 g/mol. The highest BCUT2D eigenvalue weighted by Crippen LogP contribution is 2.35. The molecule has 1 atom stereocenters. The summed E-state index contributed by atoms with van der Waals surface area (Å²) in [5.74, 6) is 1.54. The Kier molecular flexibility index (Phi) is 2.54. The Morgan fingerprint density at radius 1 is 1.53 bits per heavy atom. The van der Waals surface area contributed by atoms with Gasteiger partial charge in [0.2, 0.25) is 0 Å². The van der Waals surface area contributed by atoms with E-state index < -0.39 is 0 Å². The molecule has 2 heterocycles. The predicted octanol–water partition coefficient (Wildman–Crippen LogP) is 2.67. The predicted molar refractivity (Wildman–Crippen MR) is 70.8 cm³/mol. The molecular weight excluding hydrogens is 232 g/mol. The van der Waals surface area contributed by atoms with E-state index in [-0.39, 0.29) is 5.56 Å². The van der Waals surface area contributed by atoms with Gasteiger partial charge in [-0.2, -0.15) is 0 Å². The fourth-order valence-electron chi connectivity index (χ4n) is 2.56. The van der Waals surface area contributed by atoms with E-state index in [9.17, 15) is 4.79 Å². The molecule has 0 spiro atoms. The summed E-state index contributed by atoms with van der Waals surface area (Å²) in [4.78, 5) is 21.8. The van der Waals surface area contributed by atoms with E-state index in [2.05, 4.69) is 16.9 Å². The number of nitrogens with one attached hydrogen (secondary N) is 1. The first kappa shape index (κ1) is 11.0. The molecule has 0 aromatic carbocycles. The van der Waals surface area contributed by atoms with E-state index in [0.717, 1.165) is 41.2 Å². The first-order chi connectivity index (χ1) is 8.19. The molecule has 1 unspecified atom stereocenters. The van der Waals surface area contributed by atoms with Crippen molar-refractivity contribution in [3.05, 3.63) is 26.6 Å². The maximum atomic E-state index is 12.1. The van der Waals surface area contributed by atoms with Crippen LogP contribution in [0.5, 0.6) is 0 Å². The fourth-order valence-corrected chi connectivity index (χ4v) is 3.96. The molecule has 17 heavy (non-hydrogen) atoms. The van der Waals surface area contributed by atoms with Crippen molar-refractivity contribution in [3.63, 3.8) is 0 Å². The highest BCUT2D eigenvalue weighted by atomic mass is 32.1. The van der Waals surface area contributed by atoms with Crippen LogP contribution in [0.15, 0.2) is 4.79 Å². The summed E-state index contributed by atoms with van der Waals surface area (Å²) in [5, 5.41) is 0.856. The summed E-state index contributed by atoms with van der Waals surface area (Å²) >= 11 is 1.72. The molecule has 1 aliphatic rings. The van der Waals surface area contributed by atoms with Crippen molar-refractivity contribution < 1.29 is 0 Å². The molecule has 0 amide bonds. The Morgan fingerprint density at radius 3 is 3.12 bits per heavy atom. The smallest absolute Gasteiger partial charge is 0.259 e.